The van der Waals surface area contributed by atoms with Crippen molar-refractivity contribution in [1.29, 1.82) is 0 Å². The third kappa shape index (κ3) is 5.31. The molecule has 0 aromatic heterocycles. The normalized spacial score (nSPS) is 17.9. The lowest BCUT2D eigenvalue weighted by Gasteiger charge is -2.29. The summed E-state index contributed by atoms with van der Waals surface area (Å²) in [7, 11) is 1.61. The van der Waals surface area contributed by atoms with Gasteiger partial charge < -0.3 is 24.4 Å². The molecule has 2 aliphatic rings. The van der Waals surface area contributed by atoms with Crippen LogP contribution >= 0.6 is 0 Å². The molecular weight excluding hydrogens is 392 g/mol. The maximum atomic E-state index is 12.8. The average molecular weight is 425 g/mol. The number of methoxy groups -OCH3 is 1. The highest BCUT2D eigenvalue weighted by Crippen LogP contribution is 2.32. The Morgan fingerprint density at radius 1 is 1.06 bits per heavy atom. The number of carbonyl (C=O) groups excluding carboxylic acids is 1. The zero-order valence-electron chi connectivity index (χ0n) is 18.4. The molecule has 2 aromatic carbocycles. The molecule has 166 valence electrons. The first-order chi connectivity index (χ1) is 15.1. The monoisotopic (exact) mass is 424 g/mol. The van der Waals surface area contributed by atoms with Gasteiger partial charge in [-0.3, -0.25) is 4.79 Å². The van der Waals surface area contributed by atoms with Gasteiger partial charge in [-0.2, -0.15) is 0 Å². The van der Waals surface area contributed by atoms with Crippen molar-refractivity contribution in [2.24, 2.45) is 0 Å². The van der Waals surface area contributed by atoms with Crippen LogP contribution in [0.5, 0.6) is 11.5 Å². The van der Waals surface area contributed by atoms with Crippen LogP contribution in [0.3, 0.4) is 0 Å². The molecule has 6 nitrogen and oxygen atoms in total. The number of hydrogen-bond donors (Lipinski definition) is 1. The fourth-order valence-electron chi connectivity index (χ4n) is 4.25. The molecule has 4 rings (SSSR count). The fourth-order valence-corrected chi connectivity index (χ4v) is 4.25. The Labute approximate surface area is 184 Å². The molecule has 0 bridgehead atoms. The van der Waals surface area contributed by atoms with E-state index in [9.17, 15) is 4.79 Å². The fraction of sp³-hybridized carbons (Fsp3) is 0.480. The van der Waals surface area contributed by atoms with Gasteiger partial charge in [0.05, 0.1) is 32.5 Å². The van der Waals surface area contributed by atoms with E-state index in [4.69, 9.17) is 14.2 Å². The molecule has 1 amide bonds. The van der Waals surface area contributed by atoms with Crippen LogP contribution < -0.4 is 19.7 Å². The number of amides is 1. The first-order valence-corrected chi connectivity index (χ1v) is 11.2. The molecule has 2 aromatic rings. The van der Waals surface area contributed by atoms with Crippen LogP contribution in [0.15, 0.2) is 42.5 Å². The van der Waals surface area contributed by atoms with Gasteiger partial charge in [-0.25, -0.2) is 0 Å². The van der Waals surface area contributed by atoms with Crippen molar-refractivity contribution in [3.05, 3.63) is 53.6 Å². The molecule has 1 unspecified atom stereocenters. The van der Waals surface area contributed by atoms with E-state index in [2.05, 4.69) is 34.5 Å². The largest absolute Gasteiger partial charge is 0.493 e. The third-order valence-corrected chi connectivity index (χ3v) is 6.14. The zero-order valence-corrected chi connectivity index (χ0v) is 18.4. The average Bonchev–Trinajstić information content (AvgIpc) is 3.33. The standard InChI is InChI=1S/C25H32N2O4/c1-18(19-7-10-21(11-8-19)27-13-15-30-16-14-27)26-25(28)20-9-12-23(24(17-20)29-2)31-22-5-3-4-6-22/h7-12,17-18,22H,3-6,13-16H2,1-2H3,(H,26,28). The van der Waals surface area contributed by atoms with E-state index < -0.39 is 0 Å². The predicted octanol–water partition coefficient (Wildman–Crippen LogP) is 4.34. The third-order valence-electron chi connectivity index (χ3n) is 6.14. The van der Waals surface area contributed by atoms with Gasteiger partial charge in [0.15, 0.2) is 11.5 Å². The number of ether oxygens (including phenoxy) is 3. The number of morpholine rings is 1. The van der Waals surface area contributed by atoms with Gasteiger partial charge >= 0.3 is 0 Å². The highest BCUT2D eigenvalue weighted by atomic mass is 16.5. The molecule has 1 saturated carbocycles. The summed E-state index contributed by atoms with van der Waals surface area (Å²) in [6, 6.07) is 13.7. The summed E-state index contributed by atoms with van der Waals surface area (Å²) in [5.74, 6) is 1.18. The van der Waals surface area contributed by atoms with Crippen LogP contribution in [0.1, 0.15) is 54.6 Å². The smallest absolute Gasteiger partial charge is 0.251 e. The molecule has 6 heteroatoms. The van der Waals surface area contributed by atoms with Crippen LogP contribution in [0.2, 0.25) is 0 Å². The van der Waals surface area contributed by atoms with Crippen molar-refractivity contribution in [3.63, 3.8) is 0 Å². The Balaban J connectivity index is 1.38. The van der Waals surface area contributed by atoms with Crippen molar-refractivity contribution in [3.8, 4) is 11.5 Å². The van der Waals surface area contributed by atoms with Crippen molar-refractivity contribution in [1.82, 2.24) is 5.32 Å². The zero-order chi connectivity index (χ0) is 21.6. The number of carbonyl (C=O) groups is 1. The molecule has 2 fully saturated rings. The maximum Gasteiger partial charge on any atom is 0.251 e. The van der Waals surface area contributed by atoms with Crippen molar-refractivity contribution < 1.29 is 19.0 Å². The van der Waals surface area contributed by atoms with E-state index in [0.29, 0.717) is 17.1 Å². The van der Waals surface area contributed by atoms with Gasteiger partial charge in [-0.15, -0.1) is 0 Å². The van der Waals surface area contributed by atoms with Gasteiger partial charge in [-0.1, -0.05) is 12.1 Å². The Hall–Kier alpha value is -2.73. The van der Waals surface area contributed by atoms with Crippen LogP contribution in [-0.4, -0.2) is 45.4 Å². The second-order valence-corrected chi connectivity index (χ2v) is 8.28. The molecular formula is C25H32N2O4. The van der Waals surface area contributed by atoms with Gasteiger partial charge in [-0.05, 0) is 68.5 Å². The molecule has 0 spiro atoms. The number of nitrogens with one attached hydrogen (secondary N) is 1. The number of nitrogens with zero attached hydrogens (tertiary/aromatic N) is 1. The summed E-state index contributed by atoms with van der Waals surface area (Å²) in [5.41, 5.74) is 2.82. The lowest BCUT2D eigenvalue weighted by atomic mass is 10.1. The molecule has 1 aliphatic carbocycles. The Morgan fingerprint density at radius 3 is 2.45 bits per heavy atom. The summed E-state index contributed by atoms with van der Waals surface area (Å²) in [5, 5.41) is 3.09. The Bertz CT molecular complexity index is 872. The minimum absolute atomic E-state index is 0.105. The number of anilines is 1. The number of benzene rings is 2. The van der Waals surface area contributed by atoms with Gasteiger partial charge in [0.25, 0.3) is 5.91 Å². The van der Waals surface area contributed by atoms with Crippen LogP contribution in [0, 0.1) is 0 Å². The summed E-state index contributed by atoms with van der Waals surface area (Å²) >= 11 is 0. The lowest BCUT2D eigenvalue weighted by Crippen LogP contribution is -2.36. The molecule has 1 aliphatic heterocycles. The Morgan fingerprint density at radius 2 is 1.77 bits per heavy atom. The van der Waals surface area contributed by atoms with Crippen molar-refractivity contribution in [2.75, 3.05) is 38.3 Å². The summed E-state index contributed by atoms with van der Waals surface area (Å²) in [6.45, 7) is 5.35. The second-order valence-electron chi connectivity index (χ2n) is 8.28. The summed E-state index contributed by atoms with van der Waals surface area (Å²) in [6.07, 6.45) is 4.81. The van der Waals surface area contributed by atoms with Crippen LogP contribution in [-0.2, 0) is 4.74 Å². The summed E-state index contributed by atoms with van der Waals surface area (Å²) < 4.78 is 17.0. The van der Waals surface area contributed by atoms with Gasteiger partial charge in [0.2, 0.25) is 0 Å². The molecule has 31 heavy (non-hydrogen) atoms. The van der Waals surface area contributed by atoms with E-state index in [1.165, 1.54) is 18.5 Å². The topological polar surface area (TPSA) is 60.0 Å². The first-order valence-electron chi connectivity index (χ1n) is 11.2. The van der Waals surface area contributed by atoms with E-state index in [0.717, 1.165) is 44.7 Å². The lowest BCUT2D eigenvalue weighted by molar-refractivity contribution is 0.0939. The molecule has 1 atom stereocenters. The first kappa shape index (κ1) is 21.5. The number of hydrogen-bond acceptors (Lipinski definition) is 5. The van der Waals surface area contributed by atoms with Gasteiger partial charge in [0.1, 0.15) is 0 Å². The summed E-state index contributed by atoms with van der Waals surface area (Å²) in [4.78, 5) is 15.2. The predicted molar refractivity (Wildman–Crippen MR) is 121 cm³/mol. The molecule has 1 saturated heterocycles. The molecule has 1 heterocycles. The van der Waals surface area contributed by atoms with Crippen LogP contribution in [0.4, 0.5) is 5.69 Å². The minimum atomic E-state index is -0.129. The van der Waals surface area contributed by atoms with E-state index in [-0.39, 0.29) is 18.1 Å². The van der Waals surface area contributed by atoms with Crippen molar-refractivity contribution >= 4 is 11.6 Å². The molecule has 1 N–H and O–H groups in total. The molecule has 0 radical (unpaired) electrons. The highest BCUT2D eigenvalue weighted by molar-refractivity contribution is 5.95. The maximum absolute atomic E-state index is 12.8. The highest BCUT2D eigenvalue weighted by Gasteiger charge is 2.20. The number of rotatable bonds is 7. The Kier molecular flexibility index (Phi) is 6.97. The van der Waals surface area contributed by atoms with Crippen LogP contribution in [0.25, 0.3) is 0 Å². The van der Waals surface area contributed by atoms with Crippen molar-refractivity contribution in [2.45, 2.75) is 44.8 Å². The quantitative estimate of drug-likeness (QED) is 0.716. The minimum Gasteiger partial charge on any atom is -0.493 e. The van der Waals surface area contributed by atoms with E-state index >= 15 is 0 Å². The van der Waals surface area contributed by atoms with Gasteiger partial charge in [0, 0.05) is 24.3 Å². The van der Waals surface area contributed by atoms with E-state index in [1.807, 2.05) is 13.0 Å². The SMILES string of the molecule is COc1cc(C(=O)NC(C)c2ccc(N3CCOCC3)cc2)ccc1OC1CCCC1. The second kappa shape index (κ2) is 10.1. The van der Waals surface area contributed by atoms with E-state index in [1.54, 1.807) is 19.2 Å².